The summed E-state index contributed by atoms with van der Waals surface area (Å²) >= 11 is 0. The summed E-state index contributed by atoms with van der Waals surface area (Å²) in [5.74, 6) is -0.228. The molecule has 3 rings (SSSR count). The number of hydrogen-bond acceptors (Lipinski definition) is 7. The molecule has 8 nitrogen and oxygen atoms in total. The second-order valence-electron chi connectivity index (χ2n) is 6.61. The molecule has 0 unspecified atom stereocenters. The first-order valence-corrected chi connectivity index (χ1v) is 9.10. The van der Waals surface area contributed by atoms with Crippen LogP contribution in [0, 0.1) is 6.92 Å². The first-order chi connectivity index (χ1) is 14.6. The summed E-state index contributed by atoms with van der Waals surface area (Å²) in [5.41, 5.74) is 1.20. The molecule has 0 spiro atoms. The summed E-state index contributed by atoms with van der Waals surface area (Å²) < 4.78 is 41.1. The maximum absolute atomic E-state index is 12.6. The Hall–Kier alpha value is -3.60. The van der Waals surface area contributed by atoms with Crippen LogP contribution >= 0.6 is 0 Å². The number of benzene rings is 1. The Bertz CT molecular complexity index is 1060. The van der Waals surface area contributed by atoms with Crippen molar-refractivity contribution in [3.8, 4) is 28.4 Å². The zero-order valence-electron chi connectivity index (χ0n) is 16.5. The van der Waals surface area contributed by atoms with E-state index in [0.29, 0.717) is 22.6 Å². The number of carbonyl (C=O) groups excluding carboxylic acids is 1. The average molecular weight is 433 g/mol. The van der Waals surface area contributed by atoms with Crippen molar-refractivity contribution in [3.05, 3.63) is 54.2 Å². The molecule has 0 bridgehead atoms. The van der Waals surface area contributed by atoms with Crippen molar-refractivity contribution in [1.29, 1.82) is 0 Å². The molecule has 11 heteroatoms. The number of ether oxygens (including phenoxy) is 1. The van der Waals surface area contributed by atoms with Crippen LogP contribution in [0.1, 0.15) is 23.2 Å². The van der Waals surface area contributed by atoms with Crippen LogP contribution in [0.2, 0.25) is 0 Å². The van der Waals surface area contributed by atoms with Gasteiger partial charge in [0.15, 0.2) is 5.82 Å². The molecular formula is C20H18F3N5O3. The van der Waals surface area contributed by atoms with Crippen LogP contribution in [0.4, 0.5) is 13.2 Å². The Morgan fingerprint density at radius 2 is 1.77 bits per heavy atom. The van der Waals surface area contributed by atoms with Crippen LogP contribution in [0.25, 0.3) is 22.6 Å². The van der Waals surface area contributed by atoms with Crippen LogP contribution in [0.5, 0.6) is 5.75 Å². The fraction of sp³-hybridized carbons (Fsp3) is 0.250. The first kappa shape index (κ1) is 22.1. The topological polar surface area (TPSA) is 110 Å². The number of rotatable bonds is 6. The number of aliphatic hydroxyl groups is 1. The Labute approximate surface area is 175 Å². The number of aliphatic hydroxyl groups excluding tert-OH is 1. The van der Waals surface area contributed by atoms with Gasteiger partial charge in [-0.05, 0) is 44.2 Å². The Kier molecular flexibility index (Phi) is 6.44. The highest BCUT2D eigenvalue weighted by atomic mass is 19.4. The third kappa shape index (κ3) is 5.95. The summed E-state index contributed by atoms with van der Waals surface area (Å²) in [4.78, 5) is 29.4. The van der Waals surface area contributed by atoms with Gasteiger partial charge in [-0.15, -0.1) is 13.2 Å². The molecule has 0 fully saturated rings. The fourth-order valence-electron chi connectivity index (χ4n) is 2.52. The molecule has 1 atom stereocenters. The van der Waals surface area contributed by atoms with Crippen LogP contribution in [-0.2, 0) is 0 Å². The number of aromatic nitrogens is 4. The molecule has 3 aromatic rings. The molecule has 0 aliphatic heterocycles. The predicted molar refractivity (Wildman–Crippen MR) is 104 cm³/mol. The Morgan fingerprint density at radius 1 is 1.13 bits per heavy atom. The SMILES string of the molecule is Cc1ncc(-c2nc(C(=O)N[C@@H](C)CO)cc(-c3ccc(OC(F)(F)F)cc3)n2)cn1. The molecule has 162 valence electrons. The van der Waals surface area contributed by atoms with Gasteiger partial charge in [-0.25, -0.2) is 19.9 Å². The molecule has 0 aliphatic carbocycles. The minimum absolute atomic E-state index is 0.0106. The second-order valence-corrected chi connectivity index (χ2v) is 6.61. The molecule has 2 N–H and O–H groups in total. The number of aryl methyl sites for hydroxylation is 1. The largest absolute Gasteiger partial charge is 0.573 e. The Balaban J connectivity index is 2.02. The van der Waals surface area contributed by atoms with Gasteiger partial charge in [-0.2, -0.15) is 0 Å². The zero-order valence-corrected chi connectivity index (χ0v) is 16.5. The van der Waals surface area contributed by atoms with E-state index in [2.05, 4.69) is 30.0 Å². The minimum atomic E-state index is -4.80. The van der Waals surface area contributed by atoms with Gasteiger partial charge in [-0.3, -0.25) is 4.79 Å². The van der Waals surface area contributed by atoms with E-state index in [-0.39, 0.29) is 23.9 Å². The smallest absolute Gasteiger partial charge is 0.406 e. The molecule has 1 amide bonds. The number of amides is 1. The molecule has 31 heavy (non-hydrogen) atoms. The standard InChI is InChI=1S/C20H18F3N5O3/c1-11(10-29)26-19(30)17-7-16(13-3-5-15(6-4-13)31-20(21,22)23)27-18(28-17)14-8-24-12(2)25-9-14/h3-9,11,29H,10H2,1-2H3,(H,26,30)/t11-/m0/s1. The highest BCUT2D eigenvalue weighted by Crippen LogP contribution is 2.27. The lowest BCUT2D eigenvalue weighted by molar-refractivity contribution is -0.274. The summed E-state index contributed by atoms with van der Waals surface area (Å²) in [6.07, 6.45) is -1.80. The molecular weight excluding hydrogens is 415 g/mol. The van der Waals surface area contributed by atoms with Gasteiger partial charge in [0, 0.05) is 24.0 Å². The van der Waals surface area contributed by atoms with E-state index >= 15 is 0 Å². The van der Waals surface area contributed by atoms with E-state index in [1.807, 2.05) is 0 Å². The van der Waals surface area contributed by atoms with Gasteiger partial charge in [0.1, 0.15) is 17.3 Å². The fourth-order valence-corrected chi connectivity index (χ4v) is 2.52. The molecule has 0 saturated heterocycles. The van der Waals surface area contributed by atoms with Crippen molar-refractivity contribution in [2.45, 2.75) is 26.3 Å². The second kappa shape index (κ2) is 9.04. The first-order valence-electron chi connectivity index (χ1n) is 9.10. The van der Waals surface area contributed by atoms with Crippen LogP contribution in [0.3, 0.4) is 0 Å². The quantitative estimate of drug-likeness (QED) is 0.615. The maximum Gasteiger partial charge on any atom is 0.573 e. The highest BCUT2D eigenvalue weighted by Gasteiger charge is 2.31. The third-order valence-electron chi connectivity index (χ3n) is 4.03. The molecule has 2 heterocycles. The lowest BCUT2D eigenvalue weighted by Gasteiger charge is -2.13. The van der Waals surface area contributed by atoms with Gasteiger partial charge in [0.2, 0.25) is 0 Å². The maximum atomic E-state index is 12.6. The minimum Gasteiger partial charge on any atom is -0.406 e. The number of alkyl halides is 3. The number of nitrogens with zero attached hydrogens (tertiary/aromatic N) is 4. The third-order valence-corrected chi connectivity index (χ3v) is 4.03. The van der Waals surface area contributed by atoms with E-state index in [1.54, 1.807) is 13.8 Å². The molecule has 0 aliphatic rings. The van der Waals surface area contributed by atoms with Gasteiger partial charge in [-0.1, -0.05) is 0 Å². The van der Waals surface area contributed by atoms with E-state index < -0.39 is 18.3 Å². The lowest BCUT2D eigenvalue weighted by atomic mass is 10.1. The highest BCUT2D eigenvalue weighted by molar-refractivity contribution is 5.94. The predicted octanol–water partition coefficient (Wildman–Crippen LogP) is 2.92. The van der Waals surface area contributed by atoms with Crippen molar-refractivity contribution in [2.75, 3.05) is 6.61 Å². The Morgan fingerprint density at radius 3 is 2.35 bits per heavy atom. The van der Waals surface area contributed by atoms with E-state index in [4.69, 9.17) is 0 Å². The monoisotopic (exact) mass is 433 g/mol. The van der Waals surface area contributed by atoms with Crippen molar-refractivity contribution < 1.29 is 27.8 Å². The molecule has 0 radical (unpaired) electrons. The van der Waals surface area contributed by atoms with Crippen LogP contribution in [0.15, 0.2) is 42.7 Å². The summed E-state index contributed by atoms with van der Waals surface area (Å²) in [5, 5.41) is 11.8. The number of halogens is 3. The molecule has 2 aromatic heterocycles. The van der Waals surface area contributed by atoms with Crippen molar-refractivity contribution in [2.24, 2.45) is 0 Å². The van der Waals surface area contributed by atoms with E-state index in [1.165, 1.54) is 30.6 Å². The van der Waals surface area contributed by atoms with Crippen molar-refractivity contribution >= 4 is 5.91 Å². The average Bonchev–Trinajstić information content (AvgIpc) is 2.73. The van der Waals surface area contributed by atoms with Gasteiger partial charge >= 0.3 is 6.36 Å². The van der Waals surface area contributed by atoms with Gasteiger partial charge < -0.3 is 15.2 Å². The van der Waals surface area contributed by atoms with Gasteiger partial charge in [0.05, 0.1) is 17.9 Å². The number of hydrogen-bond donors (Lipinski definition) is 2. The summed E-state index contributed by atoms with van der Waals surface area (Å²) in [6, 6.07) is 5.96. The zero-order chi connectivity index (χ0) is 22.6. The molecule has 1 aromatic carbocycles. The van der Waals surface area contributed by atoms with Crippen LogP contribution < -0.4 is 10.1 Å². The summed E-state index contributed by atoms with van der Waals surface area (Å²) in [7, 11) is 0. The van der Waals surface area contributed by atoms with Gasteiger partial charge in [0.25, 0.3) is 5.91 Å². The molecule has 0 saturated carbocycles. The lowest BCUT2D eigenvalue weighted by Crippen LogP contribution is -2.35. The number of carbonyl (C=O) groups is 1. The number of nitrogens with one attached hydrogen (secondary N) is 1. The van der Waals surface area contributed by atoms with Crippen molar-refractivity contribution in [3.63, 3.8) is 0 Å². The van der Waals surface area contributed by atoms with E-state index in [0.717, 1.165) is 12.1 Å². The van der Waals surface area contributed by atoms with Crippen LogP contribution in [-0.4, -0.2) is 50.0 Å². The normalized spacial score (nSPS) is 12.3. The van der Waals surface area contributed by atoms with Crippen molar-refractivity contribution in [1.82, 2.24) is 25.3 Å². The van der Waals surface area contributed by atoms with E-state index in [9.17, 15) is 23.1 Å². The summed E-state index contributed by atoms with van der Waals surface area (Å²) in [6.45, 7) is 3.07.